The minimum atomic E-state index is -0.483. The fourth-order valence-electron chi connectivity index (χ4n) is 6.36. The van der Waals surface area contributed by atoms with Crippen LogP contribution >= 0.6 is 0 Å². The largest absolute Gasteiger partial charge is 0.507 e. The summed E-state index contributed by atoms with van der Waals surface area (Å²) in [6, 6.07) is 0. The van der Waals surface area contributed by atoms with Gasteiger partial charge in [-0.05, 0) is 55.3 Å². The summed E-state index contributed by atoms with van der Waals surface area (Å²) in [5.74, 6) is 1.02. The van der Waals surface area contributed by atoms with Crippen molar-refractivity contribution in [2.24, 2.45) is 23.2 Å². The van der Waals surface area contributed by atoms with Crippen LogP contribution in [-0.4, -0.2) is 28.4 Å². The molecule has 1 spiro atoms. The zero-order valence-corrected chi connectivity index (χ0v) is 17.1. The van der Waals surface area contributed by atoms with Crippen molar-refractivity contribution in [3.63, 3.8) is 0 Å². The number of rotatable bonds is 4. The van der Waals surface area contributed by atoms with Crippen molar-refractivity contribution in [1.29, 1.82) is 0 Å². The standard InChI is InChI=1S/C23H30O5/c1-12(2)7-13-9-23(6-5-14-8-17(23)22(14,3)4)28-21-16(11-25)19(26)15(10-24)20(27)18(13)21/h10-14,17,26-27H,5-9H2,1-4H3/t13-,14+,17-,23+/m1/s1. The summed E-state index contributed by atoms with van der Waals surface area (Å²) in [7, 11) is 0. The lowest BCUT2D eigenvalue weighted by molar-refractivity contribution is -0.199. The highest BCUT2D eigenvalue weighted by molar-refractivity contribution is 5.95. The summed E-state index contributed by atoms with van der Waals surface area (Å²) in [6.45, 7) is 8.86. The van der Waals surface area contributed by atoms with Crippen molar-refractivity contribution in [3.05, 3.63) is 16.7 Å². The summed E-state index contributed by atoms with van der Waals surface area (Å²) >= 11 is 0. The molecule has 3 fully saturated rings. The van der Waals surface area contributed by atoms with Crippen molar-refractivity contribution in [3.8, 4) is 17.2 Å². The third-order valence-electron chi connectivity index (χ3n) is 7.83. The van der Waals surface area contributed by atoms with Crippen molar-refractivity contribution in [2.45, 2.75) is 71.3 Å². The van der Waals surface area contributed by atoms with Crippen molar-refractivity contribution in [2.75, 3.05) is 0 Å². The zero-order chi connectivity index (χ0) is 20.4. The fourth-order valence-corrected chi connectivity index (χ4v) is 6.36. The number of aromatic hydroxyl groups is 2. The monoisotopic (exact) mass is 386 g/mol. The second-order valence-electron chi connectivity index (χ2n) is 10.0. The van der Waals surface area contributed by atoms with Crippen LogP contribution in [0.4, 0.5) is 0 Å². The molecular weight excluding hydrogens is 356 g/mol. The van der Waals surface area contributed by atoms with Crippen molar-refractivity contribution >= 4 is 12.6 Å². The zero-order valence-electron chi connectivity index (χ0n) is 17.1. The van der Waals surface area contributed by atoms with Gasteiger partial charge < -0.3 is 14.9 Å². The van der Waals surface area contributed by atoms with Gasteiger partial charge in [-0.25, -0.2) is 0 Å². The second-order valence-corrected chi connectivity index (χ2v) is 10.0. The molecule has 152 valence electrons. The SMILES string of the molecule is CC(C)C[C@@H]1C[C@]2(CC[C@H]3C[C@@H]2C3(C)C)Oc2c(C=O)c(O)c(C=O)c(O)c21. The van der Waals surface area contributed by atoms with Crippen molar-refractivity contribution < 1.29 is 24.5 Å². The van der Waals surface area contributed by atoms with Gasteiger partial charge in [-0.1, -0.05) is 27.7 Å². The van der Waals surface area contributed by atoms with E-state index in [1.54, 1.807) is 0 Å². The highest BCUT2D eigenvalue weighted by Crippen LogP contribution is 2.67. The molecule has 3 saturated carbocycles. The first-order valence-corrected chi connectivity index (χ1v) is 10.4. The molecule has 0 saturated heterocycles. The molecule has 28 heavy (non-hydrogen) atoms. The molecule has 0 radical (unpaired) electrons. The van der Waals surface area contributed by atoms with E-state index in [4.69, 9.17) is 4.74 Å². The highest BCUT2D eigenvalue weighted by atomic mass is 16.5. The number of aldehydes is 2. The number of benzene rings is 1. The van der Waals surface area contributed by atoms with Gasteiger partial charge in [0.25, 0.3) is 0 Å². The number of hydrogen-bond donors (Lipinski definition) is 2. The van der Waals surface area contributed by atoms with Crippen LogP contribution in [0.15, 0.2) is 0 Å². The van der Waals surface area contributed by atoms with Crippen molar-refractivity contribution in [1.82, 2.24) is 0 Å². The summed E-state index contributed by atoms with van der Waals surface area (Å²) in [6.07, 6.45) is 5.69. The molecule has 5 nitrogen and oxygen atoms in total. The maximum atomic E-state index is 11.9. The number of phenolic OH excluding ortho intramolecular Hbond substituents is 2. The average Bonchev–Trinajstić information content (AvgIpc) is 2.61. The van der Waals surface area contributed by atoms with Crippen LogP contribution in [0.1, 0.15) is 92.0 Å². The molecule has 4 aliphatic rings. The Kier molecular flexibility index (Phi) is 4.29. The van der Waals surface area contributed by atoms with Gasteiger partial charge in [0.1, 0.15) is 22.8 Å². The van der Waals surface area contributed by atoms with E-state index in [-0.39, 0.29) is 39.6 Å². The van der Waals surface area contributed by atoms with Gasteiger partial charge in [-0.3, -0.25) is 9.59 Å². The van der Waals surface area contributed by atoms with Crippen LogP contribution in [0.5, 0.6) is 17.2 Å². The predicted molar refractivity (Wildman–Crippen MR) is 105 cm³/mol. The van der Waals surface area contributed by atoms with Crippen LogP contribution in [0.25, 0.3) is 0 Å². The molecule has 0 unspecified atom stereocenters. The van der Waals surface area contributed by atoms with E-state index in [1.807, 2.05) is 0 Å². The summed E-state index contributed by atoms with van der Waals surface area (Å²) in [5.41, 5.74) is 0.0839. The third-order valence-corrected chi connectivity index (χ3v) is 7.83. The number of ether oxygens (including phenoxy) is 1. The summed E-state index contributed by atoms with van der Waals surface area (Å²) in [5, 5.41) is 21.3. The molecule has 0 aromatic heterocycles. The number of fused-ring (bicyclic) bond motifs is 2. The molecule has 2 bridgehead atoms. The average molecular weight is 386 g/mol. The Bertz CT molecular complexity index is 838. The van der Waals surface area contributed by atoms with Crippen LogP contribution < -0.4 is 4.74 Å². The van der Waals surface area contributed by atoms with Crippen LogP contribution in [0.2, 0.25) is 0 Å². The van der Waals surface area contributed by atoms with Gasteiger partial charge in [0.2, 0.25) is 0 Å². The molecule has 4 atom stereocenters. The minimum absolute atomic E-state index is 0.0121. The number of carbonyl (C=O) groups is 2. The molecule has 1 aliphatic heterocycles. The first-order valence-electron chi connectivity index (χ1n) is 10.4. The van der Waals surface area contributed by atoms with E-state index in [0.717, 1.165) is 32.1 Å². The fraction of sp³-hybridized carbons (Fsp3) is 0.652. The normalized spacial score (nSPS) is 32.4. The maximum Gasteiger partial charge on any atom is 0.157 e. The lowest BCUT2D eigenvalue weighted by Gasteiger charge is -2.66. The number of hydrogen-bond acceptors (Lipinski definition) is 5. The lowest BCUT2D eigenvalue weighted by Crippen LogP contribution is -2.65. The third kappa shape index (κ3) is 2.44. The molecule has 0 amide bonds. The van der Waals surface area contributed by atoms with Gasteiger partial charge in [-0.15, -0.1) is 0 Å². The maximum absolute atomic E-state index is 11.9. The summed E-state index contributed by atoms with van der Waals surface area (Å²) < 4.78 is 6.57. The molecule has 3 aliphatic carbocycles. The topological polar surface area (TPSA) is 83.8 Å². The van der Waals surface area contributed by atoms with Gasteiger partial charge in [0.05, 0.1) is 11.1 Å². The summed E-state index contributed by atoms with van der Waals surface area (Å²) in [4.78, 5) is 23.4. The van der Waals surface area contributed by atoms with Gasteiger partial charge in [0.15, 0.2) is 12.6 Å². The Morgan fingerprint density at radius 2 is 1.82 bits per heavy atom. The number of carbonyl (C=O) groups excluding carboxylic acids is 2. The second kappa shape index (κ2) is 6.23. The Morgan fingerprint density at radius 1 is 1.14 bits per heavy atom. The predicted octanol–water partition coefficient (Wildman–Crippen LogP) is 4.83. The van der Waals surface area contributed by atoms with E-state index < -0.39 is 5.75 Å². The highest BCUT2D eigenvalue weighted by Gasteiger charge is 2.64. The molecule has 5 rings (SSSR count). The van der Waals surface area contributed by atoms with E-state index in [2.05, 4.69) is 27.7 Å². The molecule has 2 N–H and O–H groups in total. The van der Waals surface area contributed by atoms with E-state index in [0.29, 0.717) is 35.9 Å². The molecular formula is C23H30O5. The lowest BCUT2D eigenvalue weighted by atomic mass is 9.42. The molecule has 1 aromatic carbocycles. The van der Waals surface area contributed by atoms with E-state index in [9.17, 15) is 19.8 Å². The van der Waals surface area contributed by atoms with Crippen LogP contribution in [-0.2, 0) is 0 Å². The Labute approximate surface area is 166 Å². The Hall–Kier alpha value is -2.04. The Morgan fingerprint density at radius 3 is 2.36 bits per heavy atom. The van der Waals surface area contributed by atoms with Gasteiger partial charge >= 0.3 is 0 Å². The van der Waals surface area contributed by atoms with Gasteiger partial charge in [-0.2, -0.15) is 0 Å². The molecule has 5 heteroatoms. The molecule has 1 aromatic rings. The van der Waals surface area contributed by atoms with Crippen LogP contribution in [0, 0.1) is 23.2 Å². The smallest absolute Gasteiger partial charge is 0.157 e. The quantitative estimate of drug-likeness (QED) is 0.724. The Balaban J connectivity index is 1.91. The first-order chi connectivity index (χ1) is 13.2. The molecule has 1 heterocycles. The van der Waals surface area contributed by atoms with E-state index in [1.165, 1.54) is 0 Å². The van der Waals surface area contributed by atoms with Gasteiger partial charge in [0, 0.05) is 11.5 Å². The van der Waals surface area contributed by atoms with Crippen LogP contribution in [0.3, 0.4) is 0 Å². The minimum Gasteiger partial charge on any atom is -0.507 e. The van der Waals surface area contributed by atoms with E-state index >= 15 is 0 Å². The number of phenols is 2. The first kappa shape index (κ1) is 19.3.